The van der Waals surface area contributed by atoms with Crippen LogP contribution in [0.3, 0.4) is 0 Å². The molecule has 3 unspecified atom stereocenters. The molecule has 3 atom stereocenters. The topological polar surface area (TPSA) is 128 Å². The highest BCUT2D eigenvalue weighted by molar-refractivity contribution is 7.90. The molecule has 2 aromatic carbocycles. The number of sulfonamides is 1. The van der Waals surface area contributed by atoms with Crippen LogP contribution >= 0.6 is 23.2 Å². The van der Waals surface area contributed by atoms with Gasteiger partial charge < -0.3 is 4.74 Å². The van der Waals surface area contributed by atoms with Crippen molar-refractivity contribution in [1.82, 2.24) is 4.72 Å². The Morgan fingerprint density at radius 2 is 1.53 bits per heavy atom. The van der Waals surface area contributed by atoms with Gasteiger partial charge in [0.15, 0.2) is 0 Å². The fourth-order valence-corrected chi connectivity index (χ4v) is 8.24. The molecule has 1 saturated carbocycles. The first-order valence-electron chi connectivity index (χ1n) is 16.3. The Hall–Kier alpha value is -3.28. The molecule has 2 aromatic rings. The number of aliphatic imine (C=N–C) groups is 1. The lowest BCUT2D eigenvalue weighted by Crippen LogP contribution is -2.53. The van der Waals surface area contributed by atoms with E-state index in [-0.39, 0.29) is 55.4 Å². The summed E-state index contributed by atoms with van der Waals surface area (Å²) < 4.78 is 34.1. The molecule has 2 heterocycles. The molecular formula is C37H45Cl2N4O5S+. The standard InChI is InChI=1S/C37H44Cl2N4O5S/c1-21-9-12-24(13-10-21)49(46,47)42-34(44)30-15-16-31-41-32(23-11-14-28(38)29(39)19-23)25(20-43(30,31)40)35(45)48-33-26(36(3,4)5)17-22(2)18-27(33)37(6,7)8/h9-16,19-20,22,26-27,33H,17-18,40H2,1-8H3/p+1. The maximum Gasteiger partial charge on any atom is 0.346 e. The zero-order valence-corrected chi connectivity index (χ0v) is 31.5. The van der Waals surface area contributed by atoms with Crippen molar-refractivity contribution in [3.63, 3.8) is 0 Å². The van der Waals surface area contributed by atoms with Crippen LogP contribution in [0, 0.1) is 35.5 Å². The van der Waals surface area contributed by atoms with Gasteiger partial charge in [-0.1, -0.05) is 95.4 Å². The number of allylic oxidation sites excluding steroid dienone is 2. The summed E-state index contributed by atoms with van der Waals surface area (Å²) in [5, 5.41) is 0.585. The van der Waals surface area contributed by atoms with Crippen molar-refractivity contribution in [3.05, 3.63) is 99.1 Å². The molecule has 262 valence electrons. The summed E-state index contributed by atoms with van der Waals surface area (Å²) in [6.45, 7) is 17.1. The Morgan fingerprint density at radius 1 is 0.939 bits per heavy atom. The van der Waals surface area contributed by atoms with Crippen LogP contribution in [0.2, 0.25) is 10.0 Å². The smallest absolute Gasteiger partial charge is 0.346 e. The van der Waals surface area contributed by atoms with Gasteiger partial charge in [-0.05, 0) is 60.8 Å². The van der Waals surface area contributed by atoms with Crippen molar-refractivity contribution < 1.29 is 27.3 Å². The second-order valence-electron chi connectivity index (χ2n) is 15.6. The van der Waals surface area contributed by atoms with Crippen molar-refractivity contribution in [1.29, 1.82) is 0 Å². The van der Waals surface area contributed by atoms with Crippen molar-refractivity contribution in [2.45, 2.75) is 79.2 Å². The molecule has 0 aromatic heterocycles. The van der Waals surface area contributed by atoms with Crippen LogP contribution in [0.4, 0.5) is 0 Å². The van der Waals surface area contributed by atoms with Gasteiger partial charge in [0.1, 0.15) is 17.9 Å². The van der Waals surface area contributed by atoms with Gasteiger partial charge in [0, 0.05) is 29.6 Å². The SMILES string of the molecule is Cc1ccc(S(=O)(=O)NC(=O)C2=CC=C3N=C(c4ccc(Cl)c(Cl)c4)C(C(=O)OC4C(C(C)(C)C)CC(C)CC4C(C)(C)C)=C[N+]32N)cc1. The third-order valence-electron chi connectivity index (χ3n) is 9.76. The number of esters is 1. The van der Waals surface area contributed by atoms with Gasteiger partial charge in [-0.2, -0.15) is 10.8 Å². The lowest BCUT2D eigenvalue weighted by atomic mass is 9.59. The Bertz CT molecular complexity index is 1900. The van der Waals surface area contributed by atoms with Crippen molar-refractivity contribution >= 4 is 50.8 Å². The Labute approximate surface area is 299 Å². The second kappa shape index (κ2) is 13.1. The summed E-state index contributed by atoms with van der Waals surface area (Å²) in [7, 11) is -4.24. The molecule has 0 spiro atoms. The first kappa shape index (κ1) is 37.0. The number of halogens is 2. The minimum Gasteiger partial charge on any atom is -0.458 e. The number of nitrogens with two attached hydrogens (primary N) is 1. The number of rotatable bonds is 6. The predicted octanol–water partition coefficient (Wildman–Crippen LogP) is 7.59. The van der Waals surface area contributed by atoms with E-state index in [1.54, 1.807) is 30.3 Å². The van der Waals surface area contributed by atoms with E-state index in [0.29, 0.717) is 16.5 Å². The van der Waals surface area contributed by atoms with Gasteiger partial charge in [0.05, 0.1) is 20.7 Å². The average molecular weight is 729 g/mol. The molecule has 0 saturated heterocycles. The van der Waals surface area contributed by atoms with Crippen molar-refractivity contribution in [3.8, 4) is 0 Å². The third kappa shape index (κ3) is 7.44. The molecule has 1 fully saturated rings. The fourth-order valence-electron chi connectivity index (χ4n) is 6.98. The van der Waals surface area contributed by atoms with Gasteiger partial charge in [0.2, 0.25) is 5.70 Å². The highest BCUT2D eigenvalue weighted by Gasteiger charge is 2.51. The number of nitrogens with one attached hydrogen (secondary N) is 1. The zero-order chi connectivity index (χ0) is 36.3. The summed E-state index contributed by atoms with van der Waals surface area (Å²) in [5.74, 6) is 6.00. The largest absolute Gasteiger partial charge is 0.458 e. The van der Waals surface area contributed by atoms with E-state index < -0.39 is 32.6 Å². The summed E-state index contributed by atoms with van der Waals surface area (Å²) in [4.78, 5) is 32.8. The maximum atomic E-state index is 14.5. The number of hydrogen-bond donors (Lipinski definition) is 2. The molecule has 9 nitrogen and oxygen atoms in total. The highest BCUT2D eigenvalue weighted by atomic mass is 35.5. The van der Waals surface area contributed by atoms with Crippen LogP contribution in [-0.4, -0.2) is 36.7 Å². The van der Waals surface area contributed by atoms with E-state index in [2.05, 4.69) is 53.2 Å². The molecule has 5 rings (SSSR count). The van der Waals surface area contributed by atoms with E-state index in [1.807, 2.05) is 6.92 Å². The first-order chi connectivity index (χ1) is 22.6. The average Bonchev–Trinajstić information content (AvgIpc) is 3.33. The highest BCUT2D eigenvalue weighted by Crippen LogP contribution is 2.50. The second-order valence-corrected chi connectivity index (χ2v) is 18.1. The number of fused-ring (bicyclic) bond motifs is 1. The van der Waals surface area contributed by atoms with Gasteiger partial charge in [-0.15, -0.1) is 4.59 Å². The van der Waals surface area contributed by atoms with E-state index >= 15 is 0 Å². The number of carbonyl (C=O) groups excluding carboxylic acids is 2. The van der Waals surface area contributed by atoms with Crippen LogP contribution in [0.15, 0.2) is 87.8 Å². The quantitative estimate of drug-likeness (QED) is 0.179. The monoisotopic (exact) mass is 727 g/mol. The fraction of sp³-hybridized carbons (Fsp3) is 0.432. The summed E-state index contributed by atoms with van der Waals surface area (Å²) in [6, 6.07) is 11.0. The summed E-state index contributed by atoms with van der Waals surface area (Å²) in [6.07, 6.45) is 5.67. The minimum atomic E-state index is -4.24. The number of hydrogen-bond acceptors (Lipinski definition) is 7. The number of quaternary nitrogens is 1. The number of benzene rings is 2. The molecule has 0 bridgehead atoms. The number of carbonyl (C=O) groups is 2. The summed E-state index contributed by atoms with van der Waals surface area (Å²) in [5.41, 5.74) is 1.13. The van der Waals surface area contributed by atoms with Crippen LogP contribution < -0.4 is 10.6 Å². The van der Waals surface area contributed by atoms with Crippen LogP contribution in [0.5, 0.6) is 0 Å². The molecular weight excluding hydrogens is 683 g/mol. The third-order valence-corrected chi connectivity index (χ3v) is 11.8. The van der Waals surface area contributed by atoms with Gasteiger partial charge in [-0.25, -0.2) is 17.9 Å². The normalized spacial score (nSPS) is 25.8. The molecule has 2 aliphatic heterocycles. The number of aryl methyl sites for hydroxylation is 1. The molecule has 3 aliphatic rings. The Morgan fingerprint density at radius 3 is 2.08 bits per heavy atom. The molecule has 1 aliphatic carbocycles. The lowest BCUT2D eigenvalue weighted by Gasteiger charge is -2.50. The number of amides is 1. The van der Waals surface area contributed by atoms with E-state index in [4.69, 9.17) is 38.8 Å². The Balaban J connectivity index is 1.56. The maximum absolute atomic E-state index is 14.5. The van der Waals surface area contributed by atoms with Crippen molar-refractivity contribution in [2.24, 2.45) is 39.4 Å². The Kier molecular flexibility index (Phi) is 9.90. The van der Waals surface area contributed by atoms with E-state index in [0.717, 1.165) is 18.4 Å². The predicted molar refractivity (Wildman–Crippen MR) is 192 cm³/mol. The summed E-state index contributed by atoms with van der Waals surface area (Å²) >= 11 is 12.6. The van der Waals surface area contributed by atoms with Gasteiger partial charge >= 0.3 is 11.9 Å². The molecule has 0 radical (unpaired) electrons. The van der Waals surface area contributed by atoms with Crippen LogP contribution in [-0.2, 0) is 24.3 Å². The first-order valence-corrected chi connectivity index (χ1v) is 18.6. The number of ether oxygens (including phenoxy) is 1. The van der Waals surface area contributed by atoms with Crippen molar-refractivity contribution in [2.75, 3.05) is 0 Å². The minimum absolute atomic E-state index is 0.0129. The molecule has 1 amide bonds. The van der Waals surface area contributed by atoms with E-state index in [1.165, 1.54) is 30.5 Å². The van der Waals surface area contributed by atoms with Gasteiger partial charge in [-0.3, -0.25) is 4.79 Å². The van der Waals surface area contributed by atoms with Crippen LogP contribution in [0.25, 0.3) is 0 Å². The van der Waals surface area contributed by atoms with E-state index in [9.17, 15) is 18.0 Å². The molecule has 3 N–H and O–H groups in total. The number of nitrogens with zero attached hydrogens (tertiary/aromatic N) is 2. The van der Waals surface area contributed by atoms with Gasteiger partial charge in [0.25, 0.3) is 15.8 Å². The molecule has 12 heteroatoms. The van der Waals surface area contributed by atoms with Crippen LogP contribution in [0.1, 0.15) is 72.4 Å². The molecule has 49 heavy (non-hydrogen) atoms. The lowest BCUT2D eigenvalue weighted by molar-refractivity contribution is -0.808. The zero-order valence-electron chi connectivity index (χ0n) is 29.2.